The van der Waals surface area contributed by atoms with E-state index in [4.69, 9.17) is 0 Å². The molecule has 0 bridgehead atoms. The van der Waals surface area contributed by atoms with E-state index in [0.29, 0.717) is 24.9 Å². The molecule has 0 aliphatic heterocycles. The summed E-state index contributed by atoms with van der Waals surface area (Å²) in [6, 6.07) is 8.87. The highest BCUT2D eigenvalue weighted by Gasteiger charge is 2.05. The third-order valence-electron chi connectivity index (χ3n) is 3.39. The van der Waals surface area contributed by atoms with Crippen molar-refractivity contribution in [3.63, 3.8) is 0 Å². The highest BCUT2D eigenvalue weighted by atomic mass is 16.1. The predicted octanol–water partition coefficient (Wildman–Crippen LogP) is 2.47. The average molecular weight is 262 g/mol. The van der Waals surface area contributed by atoms with E-state index in [0.717, 1.165) is 6.42 Å². The van der Waals surface area contributed by atoms with Gasteiger partial charge in [0.25, 0.3) is 0 Å². The Morgan fingerprint density at radius 1 is 1.16 bits per heavy atom. The van der Waals surface area contributed by atoms with Crippen LogP contribution in [-0.4, -0.2) is 25.5 Å². The zero-order valence-electron chi connectivity index (χ0n) is 12.5. The van der Waals surface area contributed by atoms with Crippen LogP contribution in [0.5, 0.6) is 0 Å². The minimum Gasteiger partial charge on any atom is -0.355 e. The zero-order chi connectivity index (χ0) is 14.3. The summed E-state index contributed by atoms with van der Waals surface area (Å²) in [5.41, 5.74) is 2.57. The lowest BCUT2D eigenvalue weighted by molar-refractivity contribution is -0.121. The maximum absolute atomic E-state index is 11.7. The van der Waals surface area contributed by atoms with Crippen LogP contribution in [0.1, 0.15) is 44.2 Å². The summed E-state index contributed by atoms with van der Waals surface area (Å²) in [5.74, 6) is 0.676. The topological polar surface area (TPSA) is 41.1 Å². The standard InChI is InChI=1S/C16H26N2O/c1-12(2)15-8-5-14(6-9-15)7-10-16(19)18-11-13(3)17-4/h5-6,8-9,12-13,17H,7,10-11H2,1-4H3,(H,18,19). The van der Waals surface area contributed by atoms with Crippen LogP contribution >= 0.6 is 0 Å². The van der Waals surface area contributed by atoms with Crippen molar-refractivity contribution in [1.29, 1.82) is 0 Å². The Morgan fingerprint density at radius 2 is 1.79 bits per heavy atom. The van der Waals surface area contributed by atoms with Gasteiger partial charge in [0.15, 0.2) is 0 Å². The van der Waals surface area contributed by atoms with Gasteiger partial charge in [0.1, 0.15) is 0 Å². The number of carbonyl (C=O) groups is 1. The lowest BCUT2D eigenvalue weighted by atomic mass is 10.0. The van der Waals surface area contributed by atoms with Gasteiger partial charge in [0, 0.05) is 19.0 Å². The summed E-state index contributed by atoms with van der Waals surface area (Å²) in [6.45, 7) is 7.10. The van der Waals surface area contributed by atoms with Crippen LogP contribution in [0, 0.1) is 0 Å². The summed E-state index contributed by atoms with van der Waals surface area (Å²) in [5, 5.41) is 6.03. The maximum atomic E-state index is 11.7. The second-order valence-electron chi connectivity index (χ2n) is 5.39. The minimum absolute atomic E-state index is 0.120. The number of hydrogen-bond acceptors (Lipinski definition) is 2. The first-order valence-corrected chi connectivity index (χ1v) is 7.05. The van der Waals surface area contributed by atoms with Crippen molar-refractivity contribution < 1.29 is 4.79 Å². The number of rotatable bonds is 7. The van der Waals surface area contributed by atoms with E-state index >= 15 is 0 Å². The molecule has 106 valence electrons. The van der Waals surface area contributed by atoms with Crippen LogP contribution in [-0.2, 0) is 11.2 Å². The molecule has 0 aliphatic carbocycles. The lowest BCUT2D eigenvalue weighted by Crippen LogP contribution is -2.37. The lowest BCUT2D eigenvalue weighted by Gasteiger charge is -2.11. The second kappa shape index (κ2) is 7.95. The van der Waals surface area contributed by atoms with Gasteiger partial charge in [0.05, 0.1) is 0 Å². The van der Waals surface area contributed by atoms with Crippen LogP contribution in [0.4, 0.5) is 0 Å². The van der Waals surface area contributed by atoms with Crippen LogP contribution in [0.15, 0.2) is 24.3 Å². The number of amides is 1. The normalized spacial score (nSPS) is 12.5. The van der Waals surface area contributed by atoms with E-state index in [-0.39, 0.29) is 5.91 Å². The van der Waals surface area contributed by atoms with E-state index in [2.05, 4.69) is 48.7 Å². The minimum atomic E-state index is 0.120. The van der Waals surface area contributed by atoms with Gasteiger partial charge in [-0.2, -0.15) is 0 Å². The first-order valence-electron chi connectivity index (χ1n) is 7.05. The molecule has 1 atom stereocenters. The molecule has 0 saturated carbocycles. The summed E-state index contributed by atoms with van der Waals surface area (Å²) in [4.78, 5) is 11.7. The molecule has 0 radical (unpaired) electrons. The smallest absolute Gasteiger partial charge is 0.220 e. The molecule has 0 saturated heterocycles. The first-order chi connectivity index (χ1) is 9.02. The van der Waals surface area contributed by atoms with Gasteiger partial charge in [-0.1, -0.05) is 38.1 Å². The average Bonchev–Trinajstić information content (AvgIpc) is 2.42. The molecule has 19 heavy (non-hydrogen) atoms. The van der Waals surface area contributed by atoms with Crippen molar-refractivity contribution in [2.45, 2.75) is 45.6 Å². The molecule has 0 fully saturated rings. The Labute approximate surface area is 116 Å². The SMILES string of the molecule is CNC(C)CNC(=O)CCc1ccc(C(C)C)cc1. The molecule has 0 heterocycles. The maximum Gasteiger partial charge on any atom is 0.220 e. The number of carbonyl (C=O) groups excluding carboxylic acids is 1. The quantitative estimate of drug-likeness (QED) is 0.792. The van der Waals surface area contributed by atoms with Crippen molar-refractivity contribution in [1.82, 2.24) is 10.6 Å². The molecule has 0 spiro atoms. The van der Waals surface area contributed by atoms with Gasteiger partial charge in [-0.15, -0.1) is 0 Å². The van der Waals surface area contributed by atoms with Crippen molar-refractivity contribution in [2.75, 3.05) is 13.6 Å². The molecule has 0 aromatic heterocycles. The zero-order valence-corrected chi connectivity index (χ0v) is 12.5. The van der Waals surface area contributed by atoms with E-state index in [1.807, 2.05) is 14.0 Å². The highest BCUT2D eigenvalue weighted by molar-refractivity contribution is 5.76. The molecular formula is C16H26N2O. The van der Waals surface area contributed by atoms with E-state index < -0.39 is 0 Å². The second-order valence-corrected chi connectivity index (χ2v) is 5.39. The van der Waals surface area contributed by atoms with Gasteiger partial charge in [-0.05, 0) is 37.4 Å². The van der Waals surface area contributed by atoms with Crippen LogP contribution in [0.2, 0.25) is 0 Å². The highest BCUT2D eigenvalue weighted by Crippen LogP contribution is 2.15. The first kappa shape index (κ1) is 15.7. The Morgan fingerprint density at radius 3 is 2.32 bits per heavy atom. The van der Waals surface area contributed by atoms with Gasteiger partial charge in [0.2, 0.25) is 5.91 Å². The van der Waals surface area contributed by atoms with Crippen LogP contribution < -0.4 is 10.6 Å². The van der Waals surface area contributed by atoms with Gasteiger partial charge in [-0.3, -0.25) is 4.79 Å². The largest absolute Gasteiger partial charge is 0.355 e. The Kier molecular flexibility index (Phi) is 6.57. The van der Waals surface area contributed by atoms with Gasteiger partial charge in [-0.25, -0.2) is 0 Å². The summed E-state index contributed by atoms with van der Waals surface area (Å²) >= 11 is 0. The number of hydrogen-bond donors (Lipinski definition) is 2. The number of likely N-dealkylation sites (N-methyl/N-ethyl adjacent to an activating group) is 1. The van der Waals surface area contributed by atoms with Crippen molar-refractivity contribution >= 4 is 5.91 Å². The van der Waals surface area contributed by atoms with Crippen molar-refractivity contribution in [3.8, 4) is 0 Å². The molecule has 3 heteroatoms. The molecule has 1 unspecified atom stereocenters. The molecule has 1 aromatic carbocycles. The predicted molar refractivity (Wildman–Crippen MR) is 80.4 cm³/mol. The van der Waals surface area contributed by atoms with E-state index in [9.17, 15) is 4.79 Å². The fourth-order valence-electron chi connectivity index (χ4n) is 1.78. The molecule has 1 aromatic rings. The summed E-state index contributed by atoms with van der Waals surface area (Å²) in [7, 11) is 1.90. The van der Waals surface area contributed by atoms with Crippen molar-refractivity contribution in [3.05, 3.63) is 35.4 Å². The molecule has 3 nitrogen and oxygen atoms in total. The molecule has 2 N–H and O–H groups in total. The van der Waals surface area contributed by atoms with E-state index in [1.54, 1.807) is 0 Å². The molecule has 1 amide bonds. The third kappa shape index (κ3) is 5.88. The Balaban J connectivity index is 2.33. The van der Waals surface area contributed by atoms with Gasteiger partial charge < -0.3 is 10.6 Å². The molecular weight excluding hydrogens is 236 g/mol. The Hall–Kier alpha value is -1.35. The monoisotopic (exact) mass is 262 g/mol. The molecule has 0 aliphatic rings. The van der Waals surface area contributed by atoms with Crippen molar-refractivity contribution in [2.24, 2.45) is 0 Å². The third-order valence-corrected chi connectivity index (χ3v) is 3.39. The number of nitrogens with one attached hydrogen (secondary N) is 2. The van der Waals surface area contributed by atoms with E-state index in [1.165, 1.54) is 11.1 Å². The molecule has 1 rings (SSSR count). The fraction of sp³-hybridized carbons (Fsp3) is 0.562. The fourth-order valence-corrected chi connectivity index (χ4v) is 1.78. The Bertz CT molecular complexity index is 384. The van der Waals surface area contributed by atoms with Crippen LogP contribution in [0.25, 0.3) is 0 Å². The summed E-state index contributed by atoms with van der Waals surface area (Å²) in [6.07, 6.45) is 1.36. The number of benzene rings is 1. The van der Waals surface area contributed by atoms with Crippen LogP contribution in [0.3, 0.4) is 0 Å². The van der Waals surface area contributed by atoms with Gasteiger partial charge >= 0.3 is 0 Å². The summed E-state index contributed by atoms with van der Waals surface area (Å²) < 4.78 is 0. The number of aryl methyl sites for hydroxylation is 1.